The van der Waals surface area contributed by atoms with Gasteiger partial charge >= 0.3 is 0 Å². The van der Waals surface area contributed by atoms with Crippen LogP contribution in [0.2, 0.25) is 5.28 Å². The molecule has 158 valence electrons. The molecule has 4 rings (SSSR count). The Bertz CT molecular complexity index is 963. The van der Waals surface area contributed by atoms with E-state index in [0.29, 0.717) is 19.6 Å². The number of hydrogen-bond donors (Lipinski definition) is 0. The standard InChI is InChI=1S/C24H27ClN2O3/c1-28-16-14-24(18-9-3-2-4-10-18,17-30-21-13-7-8-15-29-21)22-19-11-5-6-12-20(19)26-23(25)27-22/h2-6,9-12,21H,7-8,13-17H2,1H3. The van der Waals surface area contributed by atoms with Gasteiger partial charge in [-0.1, -0.05) is 48.5 Å². The molecule has 1 aliphatic rings. The zero-order valence-electron chi connectivity index (χ0n) is 17.2. The smallest absolute Gasteiger partial charge is 0.223 e. The maximum absolute atomic E-state index is 6.38. The number of halogens is 1. The quantitative estimate of drug-likeness (QED) is 0.466. The lowest BCUT2D eigenvalue weighted by atomic mass is 9.74. The van der Waals surface area contributed by atoms with Crippen LogP contribution in [0.4, 0.5) is 0 Å². The van der Waals surface area contributed by atoms with Crippen molar-refractivity contribution in [1.82, 2.24) is 9.97 Å². The zero-order chi connectivity index (χ0) is 20.8. The largest absolute Gasteiger partial charge is 0.385 e. The van der Waals surface area contributed by atoms with Crippen molar-refractivity contribution < 1.29 is 14.2 Å². The van der Waals surface area contributed by atoms with E-state index in [9.17, 15) is 0 Å². The number of ether oxygens (including phenoxy) is 3. The van der Waals surface area contributed by atoms with Crippen LogP contribution in [0.5, 0.6) is 0 Å². The first kappa shape index (κ1) is 21.2. The third kappa shape index (κ3) is 4.49. The lowest BCUT2D eigenvalue weighted by molar-refractivity contribution is -0.170. The van der Waals surface area contributed by atoms with E-state index >= 15 is 0 Å². The number of para-hydroxylation sites is 1. The summed E-state index contributed by atoms with van der Waals surface area (Å²) in [6.45, 7) is 1.71. The van der Waals surface area contributed by atoms with Gasteiger partial charge in [-0.3, -0.25) is 0 Å². The van der Waals surface area contributed by atoms with Crippen LogP contribution in [-0.2, 0) is 19.6 Å². The zero-order valence-corrected chi connectivity index (χ0v) is 18.0. The van der Waals surface area contributed by atoms with Crippen molar-refractivity contribution in [2.75, 3.05) is 26.9 Å². The molecule has 1 aliphatic heterocycles. The molecule has 0 saturated carbocycles. The highest BCUT2D eigenvalue weighted by Crippen LogP contribution is 2.39. The van der Waals surface area contributed by atoms with Gasteiger partial charge in [0.25, 0.3) is 0 Å². The van der Waals surface area contributed by atoms with Crippen LogP contribution in [0.15, 0.2) is 54.6 Å². The molecule has 0 N–H and O–H groups in total. The van der Waals surface area contributed by atoms with Crippen LogP contribution in [0.1, 0.15) is 36.9 Å². The third-order valence-electron chi connectivity index (χ3n) is 5.74. The minimum atomic E-state index is -0.551. The fourth-order valence-corrected chi connectivity index (χ4v) is 4.32. The minimum Gasteiger partial charge on any atom is -0.385 e. The van der Waals surface area contributed by atoms with Gasteiger partial charge in [0.15, 0.2) is 6.29 Å². The van der Waals surface area contributed by atoms with Gasteiger partial charge in [0.05, 0.1) is 23.2 Å². The van der Waals surface area contributed by atoms with Crippen LogP contribution >= 0.6 is 11.6 Å². The average molecular weight is 427 g/mol. The van der Waals surface area contributed by atoms with Gasteiger partial charge in [-0.25, -0.2) is 9.97 Å². The second kappa shape index (κ2) is 9.84. The summed E-state index contributed by atoms with van der Waals surface area (Å²) in [6, 6.07) is 18.3. The van der Waals surface area contributed by atoms with E-state index in [1.165, 1.54) is 0 Å². The SMILES string of the molecule is COCCC(COC1CCCCO1)(c1ccccc1)c1nc(Cl)nc2ccccc12. The van der Waals surface area contributed by atoms with Crippen LogP contribution in [0.3, 0.4) is 0 Å². The molecule has 2 aromatic carbocycles. The third-order valence-corrected chi connectivity index (χ3v) is 5.91. The molecule has 1 aromatic heterocycles. The summed E-state index contributed by atoms with van der Waals surface area (Å²) in [5, 5.41) is 1.20. The predicted octanol–water partition coefficient (Wildman–Crippen LogP) is 5.15. The van der Waals surface area contributed by atoms with Crippen molar-refractivity contribution in [3.63, 3.8) is 0 Å². The number of hydrogen-bond acceptors (Lipinski definition) is 5. The summed E-state index contributed by atoms with van der Waals surface area (Å²) in [4.78, 5) is 9.18. The Labute approximate surface area is 182 Å². The summed E-state index contributed by atoms with van der Waals surface area (Å²) in [7, 11) is 1.71. The Kier molecular flexibility index (Phi) is 6.95. The van der Waals surface area contributed by atoms with Crippen molar-refractivity contribution >= 4 is 22.5 Å². The van der Waals surface area contributed by atoms with Gasteiger partial charge in [-0.15, -0.1) is 0 Å². The molecule has 0 bridgehead atoms. The number of nitrogens with zero attached hydrogens (tertiary/aromatic N) is 2. The second-order valence-corrected chi connectivity index (χ2v) is 7.99. The van der Waals surface area contributed by atoms with E-state index in [1.807, 2.05) is 42.5 Å². The van der Waals surface area contributed by atoms with Gasteiger partial charge in [0, 0.05) is 25.7 Å². The molecule has 2 heterocycles. The highest BCUT2D eigenvalue weighted by atomic mass is 35.5. The summed E-state index contributed by atoms with van der Waals surface area (Å²) in [5.74, 6) is 0. The fourth-order valence-electron chi connectivity index (χ4n) is 4.15. The maximum atomic E-state index is 6.38. The van der Waals surface area contributed by atoms with E-state index in [2.05, 4.69) is 17.1 Å². The molecule has 2 unspecified atom stereocenters. The van der Waals surface area contributed by atoms with Gasteiger partial charge in [-0.05, 0) is 48.9 Å². The van der Waals surface area contributed by atoms with E-state index < -0.39 is 5.41 Å². The van der Waals surface area contributed by atoms with E-state index in [1.54, 1.807) is 7.11 Å². The Morgan fingerprint density at radius 1 is 1.07 bits per heavy atom. The van der Waals surface area contributed by atoms with Crippen LogP contribution in [-0.4, -0.2) is 43.2 Å². The number of benzene rings is 2. The first-order valence-corrected chi connectivity index (χ1v) is 10.8. The van der Waals surface area contributed by atoms with Gasteiger partial charge in [0.2, 0.25) is 5.28 Å². The molecule has 3 aromatic rings. The minimum absolute atomic E-state index is 0.201. The normalized spacial score (nSPS) is 18.9. The summed E-state index contributed by atoms with van der Waals surface area (Å²) < 4.78 is 17.7. The molecule has 0 aliphatic carbocycles. The number of aromatic nitrogens is 2. The number of methoxy groups -OCH3 is 1. The Balaban J connectivity index is 1.85. The first-order chi connectivity index (χ1) is 14.7. The monoisotopic (exact) mass is 426 g/mol. The van der Waals surface area contributed by atoms with Crippen LogP contribution in [0, 0.1) is 0 Å². The summed E-state index contributed by atoms with van der Waals surface area (Å²) >= 11 is 6.38. The maximum Gasteiger partial charge on any atom is 0.223 e. The summed E-state index contributed by atoms with van der Waals surface area (Å²) in [5.41, 5.74) is 2.23. The molecule has 30 heavy (non-hydrogen) atoms. The van der Waals surface area contributed by atoms with E-state index in [-0.39, 0.29) is 11.6 Å². The fraction of sp³-hybridized carbons (Fsp3) is 0.417. The van der Waals surface area contributed by atoms with Gasteiger partial charge in [-0.2, -0.15) is 0 Å². The summed E-state index contributed by atoms with van der Waals surface area (Å²) in [6.07, 6.45) is 3.59. The molecule has 0 amide bonds. The Morgan fingerprint density at radius 3 is 2.63 bits per heavy atom. The average Bonchev–Trinajstić information content (AvgIpc) is 2.80. The van der Waals surface area contributed by atoms with Crippen molar-refractivity contribution in [1.29, 1.82) is 0 Å². The van der Waals surface area contributed by atoms with Gasteiger partial charge in [0.1, 0.15) is 0 Å². The lowest BCUT2D eigenvalue weighted by Gasteiger charge is -2.36. The van der Waals surface area contributed by atoms with Crippen LogP contribution < -0.4 is 0 Å². The molecule has 6 heteroatoms. The molecule has 5 nitrogen and oxygen atoms in total. The van der Waals surface area contributed by atoms with E-state index in [4.69, 9.17) is 30.8 Å². The Morgan fingerprint density at radius 2 is 1.87 bits per heavy atom. The van der Waals surface area contributed by atoms with Crippen molar-refractivity contribution in [2.24, 2.45) is 0 Å². The van der Waals surface area contributed by atoms with Crippen LogP contribution in [0.25, 0.3) is 10.9 Å². The molecule has 0 radical (unpaired) electrons. The topological polar surface area (TPSA) is 53.5 Å². The number of rotatable bonds is 8. The lowest BCUT2D eigenvalue weighted by Crippen LogP contribution is -2.39. The van der Waals surface area contributed by atoms with Gasteiger partial charge < -0.3 is 14.2 Å². The highest BCUT2D eigenvalue weighted by Gasteiger charge is 2.39. The van der Waals surface area contributed by atoms with E-state index in [0.717, 1.165) is 48.0 Å². The molecule has 1 fully saturated rings. The van der Waals surface area contributed by atoms with Crippen molar-refractivity contribution in [3.8, 4) is 0 Å². The first-order valence-electron chi connectivity index (χ1n) is 10.4. The van der Waals surface area contributed by atoms with Crippen molar-refractivity contribution in [2.45, 2.75) is 37.4 Å². The molecule has 2 atom stereocenters. The second-order valence-electron chi connectivity index (χ2n) is 7.66. The molecular formula is C24H27ClN2O3. The Hall–Kier alpha value is -2.05. The number of fused-ring (bicyclic) bond motifs is 1. The molecule has 0 spiro atoms. The molecular weight excluding hydrogens is 400 g/mol. The molecule has 1 saturated heterocycles. The highest BCUT2D eigenvalue weighted by molar-refractivity contribution is 6.28. The predicted molar refractivity (Wildman–Crippen MR) is 118 cm³/mol. The van der Waals surface area contributed by atoms with Crippen molar-refractivity contribution in [3.05, 3.63) is 71.1 Å².